The lowest BCUT2D eigenvalue weighted by atomic mass is 10.1. The molecule has 0 aliphatic carbocycles. The summed E-state index contributed by atoms with van der Waals surface area (Å²) in [6, 6.07) is 11.0. The van der Waals surface area contributed by atoms with Crippen LogP contribution in [0.15, 0.2) is 52.7 Å². The minimum atomic E-state index is -4.50. The number of hydrogen-bond acceptors (Lipinski definition) is 5. The number of aromatic nitrogens is 3. The van der Waals surface area contributed by atoms with Crippen molar-refractivity contribution < 1.29 is 17.9 Å². The lowest BCUT2D eigenvalue weighted by molar-refractivity contribution is -0.137. The van der Waals surface area contributed by atoms with Crippen molar-refractivity contribution in [3.63, 3.8) is 0 Å². The number of thioether (sulfide) groups is 1. The number of nitrogens with zero attached hydrogens (tertiary/aromatic N) is 4. The van der Waals surface area contributed by atoms with E-state index in [4.69, 9.17) is 4.74 Å². The first kappa shape index (κ1) is 18.5. The predicted molar refractivity (Wildman–Crippen MR) is 101 cm³/mol. The summed E-state index contributed by atoms with van der Waals surface area (Å²) < 4.78 is 47.0. The second kappa shape index (κ2) is 6.97. The number of benzene rings is 2. The number of fused-ring (bicyclic) bond motifs is 1. The van der Waals surface area contributed by atoms with Crippen LogP contribution in [-0.4, -0.2) is 33.4 Å². The first-order chi connectivity index (χ1) is 13.4. The second-order valence-electron chi connectivity index (χ2n) is 6.18. The Kier molecular flexibility index (Phi) is 4.62. The Morgan fingerprint density at radius 1 is 1.11 bits per heavy atom. The number of hydrogen-bond donors (Lipinski definition) is 0. The maximum atomic E-state index is 13.4. The topological polar surface area (TPSA) is 52.3 Å². The molecule has 9 heteroatoms. The molecule has 1 aromatic heterocycles. The van der Waals surface area contributed by atoms with Gasteiger partial charge in [-0.15, -0.1) is 10.2 Å². The van der Waals surface area contributed by atoms with E-state index in [1.165, 1.54) is 34.6 Å². The lowest BCUT2D eigenvalue weighted by Gasteiger charge is -2.16. The Morgan fingerprint density at radius 2 is 1.89 bits per heavy atom. The van der Waals surface area contributed by atoms with Gasteiger partial charge in [0.25, 0.3) is 0 Å². The van der Waals surface area contributed by atoms with E-state index < -0.39 is 11.7 Å². The molecule has 0 N–H and O–H groups in total. The Balaban J connectivity index is 1.82. The summed E-state index contributed by atoms with van der Waals surface area (Å²) in [7, 11) is 1.59. The molecule has 4 rings (SSSR count). The van der Waals surface area contributed by atoms with Crippen LogP contribution in [0.3, 0.4) is 0 Å². The summed E-state index contributed by atoms with van der Waals surface area (Å²) in [5, 5.41) is 13.0. The molecule has 2 aromatic carbocycles. The smallest absolute Gasteiger partial charge is 0.417 e. The van der Waals surface area contributed by atoms with E-state index in [2.05, 4.69) is 15.3 Å². The van der Waals surface area contributed by atoms with Crippen LogP contribution in [0.4, 0.5) is 13.2 Å². The van der Waals surface area contributed by atoms with Crippen LogP contribution in [0.1, 0.15) is 16.7 Å². The Labute approximate surface area is 163 Å². The average molecular weight is 404 g/mol. The first-order valence-electron chi connectivity index (χ1n) is 8.36. The normalized spacial score (nSPS) is 13.8. The molecule has 28 heavy (non-hydrogen) atoms. The second-order valence-corrected chi connectivity index (χ2v) is 7.12. The van der Waals surface area contributed by atoms with E-state index in [0.29, 0.717) is 16.6 Å². The molecule has 1 aliphatic rings. The van der Waals surface area contributed by atoms with Gasteiger partial charge in [0, 0.05) is 16.9 Å². The maximum Gasteiger partial charge on any atom is 0.417 e. The molecular formula is C19H15F3N4OS. The molecule has 1 aliphatic heterocycles. The van der Waals surface area contributed by atoms with Gasteiger partial charge in [0.15, 0.2) is 5.82 Å². The molecule has 0 spiro atoms. The fourth-order valence-electron chi connectivity index (χ4n) is 2.96. The molecular weight excluding hydrogens is 389 g/mol. The third kappa shape index (κ3) is 3.26. The van der Waals surface area contributed by atoms with Crippen molar-refractivity contribution in [3.8, 4) is 17.1 Å². The number of aryl methyl sites for hydroxylation is 1. The number of halogens is 3. The maximum absolute atomic E-state index is 13.4. The minimum absolute atomic E-state index is 0.0548. The van der Waals surface area contributed by atoms with Crippen molar-refractivity contribution in [2.24, 2.45) is 5.10 Å². The van der Waals surface area contributed by atoms with Gasteiger partial charge in [0.2, 0.25) is 5.16 Å². The van der Waals surface area contributed by atoms with E-state index in [9.17, 15) is 13.2 Å². The fourth-order valence-corrected chi connectivity index (χ4v) is 3.80. The van der Waals surface area contributed by atoms with Crippen molar-refractivity contribution in [1.29, 1.82) is 0 Å². The van der Waals surface area contributed by atoms with E-state index in [-0.39, 0.29) is 11.4 Å². The predicted octanol–water partition coefficient (Wildman–Crippen LogP) is 4.64. The van der Waals surface area contributed by atoms with Gasteiger partial charge >= 0.3 is 6.18 Å². The van der Waals surface area contributed by atoms with Crippen LogP contribution in [-0.2, 0) is 6.18 Å². The molecule has 0 bridgehead atoms. The molecule has 0 amide bonds. The van der Waals surface area contributed by atoms with Gasteiger partial charge in [-0.05, 0) is 24.6 Å². The fraction of sp³-hybridized carbons (Fsp3) is 0.211. The average Bonchev–Trinajstić information content (AvgIpc) is 3.11. The molecule has 2 heterocycles. The van der Waals surface area contributed by atoms with Crippen LogP contribution >= 0.6 is 11.8 Å². The van der Waals surface area contributed by atoms with Gasteiger partial charge in [0.1, 0.15) is 5.75 Å². The highest BCUT2D eigenvalue weighted by Crippen LogP contribution is 2.38. The lowest BCUT2D eigenvalue weighted by Crippen LogP contribution is -2.15. The zero-order valence-electron chi connectivity index (χ0n) is 15.0. The van der Waals surface area contributed by atoms with E-state index >= 15 is 0 Å². The van der Waals surface area contributed by atoms with Crippen molar-refractivity contribution in [1.82, 2.24) is 14.9 Å². The molecule has 0 unspecified atom stereocenters. The highest BCUT2D eigenvalue weighted by Gasteiger charge is 2.35. The molecule has 5 nitrogen and oxygen atoms in total. The number of rotatable bonds is 3. The van der Waals surface area contributed by atoms with Crippen LogP contribution < -0.4 is 4.74 Å². The SMILES string of the molecule is COc1cc(C2=Nn3c(nnc3-c3ccccc3C(F)(F)F)SC2)ccc1C. The third-order valence-electron chi connectivity index (χ3n) is 4.39. The number of ether oxygens (including phenoxy) is 1. The van der Waals surface area contributed by atoms with Crippen LogP contribution in [0.5, 0.6) is 5.75 Å². The molecule has 0 atom stereocenters. The van der Waals surface area contributed by atoms with Crippen LogP contribution in [0.25, 0.3) is 11.4 Å². The highest BCUT2D eigenvalue weighted by molar-refractivity contribution is 7.99. The standard InChI is InChI=1S/C19H15F3N4OS/c1-11-7-8-12(9-16(11)27-2)15-10-28-18-24-23-17(26(18)25-15)13-5-3-4-6-14(13)19(20,21)22/h3-9H,10H2,1-2H3. The Bertz CT molecular complexity index is 1080. The third-order valence-corrected chi connectivity index (χ3v) is 5.32. The summed E-state index contributed by atoms with van der Waals surface area (Å²) in [6.07, 6.45) is -4.50. The van der Waals surface area contributed by atoms with Gasteiger partial charge in [-0.3, -0.25) is 0 Å². The Hall–Kier alpha value is -2.81. The van der Waals surface area contributed by atoms with E-state index in [1.807, 2.05) is 25.1 Å². The zero-order valence-corrected chi connectivity index (χ0v) is 15.8. The van der Waals surface area contributed by atoms with Crippen molar-refractivity contribution in [3.05, 3.63) is 59.2 Å². The molecule has 0 radical (unpaired) electrons. The van der Waals surface area contributed by atoms with Crippen molar-refractivity contribution in [2.75, 3.05) is 12.9 Å². The summed E-state index contributed by atoms with van der Waals surface area (Å²) in [5.74, 6) is 1.32. The molecule has 3 aromatic rings. The first-order valence-corrected chi connectivity index (χ1v) is 9.34. The summed E-state index contributed by atoms with van der Waals surface area (Å²) >= 11 is 1.37. The van der Waals surface area contributed by atoms with Gasteiger partial charge in [-0.25, -0.2) is 0 Å². The molecule has 0 saturated heterocycles. The van der Waals surface area contributed by atoms with E-state index in [0.717, 1.165) is 22.9 Å². The van der Waals surface area contributed by atoms with Gasteiger partial charge in [0.05, 0.1) is 18.4 Å². The summed E-state index contributed by atoms with van der Waals surface area (Å²) in [5.41, 5.74) is 1.71. The quantitative estimate of drug-likeness (QED) is 0.638. The molecule has 144 valence electrons. The Morgan fingerprint density at radius 3 is 2.64 bits per heavy atom. The summed E-state index contributed by atoms with van der Waals surface area (Å²) in [6.45, 7) is 1.93. The number of alkyl halides is 3. The molecule has 0 saturated carbocycles. The largest absolute Gasteiger partial charge is 0.496 e. The van der Waals surface area contributed by atoms with Crippen molar-refractivity contribution in [2.45, 2.75) is 18.3 Å². The zero-order chi connectivity index (χ0) is 19.9. The van der Waals surface area contributed by atoms with Crippen LogP contribution in [0, 0.1) is 6.92 Å². The van der Waals surface area contributed by atoms with Gasteiger partial charge in [-0.2, -0.15) is 22.9 Å². The van der Waals surface area contributed by atoms with Crippen molar-refractivity contribution >= 4 is 17.5 Å². The van der Waals surface area contributed by atoms with Gasteiger partial charge in [-0.1, -0.05) is 42.1 Å². The highest BCUT2D eigenvalue weighted by atomic mass is 32.2. The monoisotopic (exact) mass is 404 g/mol. The van der Waals surface area contributed by atoms with Crippen LogP contribution in [0.2, 0.25) is 0 Å². The number of methoxy groups -OCH3 is 1. The van der Waals surface area contributed by atoms with E-state index in [1.54, 1.807) is 7.11 Å². The molecule has 0 fully saturated rings. The minimum Gasteiger partial charge on any atom is -0.496 e. The van der Waals surface area contributed by atoms with Gasteiger partial charge < -0.3 is 4.74 Å². The summed E-state index contributed by atoms with van der Waals surface area (Å²) in [4.78, 5) is 0.